The van der Waals surface area contributed by atoms with Crippen LogP contribution in [0.2, 0.25) is 0 Å². The fourth-order valence-corrected chi connectivity index (χ4v) is 1.98. The molecule has 1 rings (SSSR count). The van der Waals surface area contributed by atoms with Gasteiger partial charge in [0.05, 0.1) is 5.56 Å². The Hall–Kier alpha value is -1.27. The van der Waals surface area contributed by atoms with Crippen LogP contribution in [0.5, 0.6) is 0 Å². The summed E-state index contributed by atoms with van der Waals surface area (Å²) in [6.07, 6.45) is -4.47. The highest BCUT2D eigenvalue weighted by Crippen LogP contribution is 2.32. The van der Waals surface area contributed by atoms with E-state index in [0.717, 1.165) is 12.1 Å². The summed E-state index contributed by atoms with van der Waals surface area (Å²) in [7, 11) is 0. The Bertz CT molecular complexity index is 447. The molecular formula is C13H17ClF3NO2. The highest BCUT2D eigenvalue weighted by molar-refractivity contribution is 5.85. The standard InChI is InChI=1S/C13H16F3NO2.ClH/c1-3-17(4-2)11(12(18)19)9-6-5-7-10(8-9)13(14,15)16;/h5-8,11H,3-4H2,1-2H3,(H,18,19);1H. The van der Waals surface area contributed by atoms with Gasteiger partial charge in [-0.25, -0.2) is 0 Å². The van der Waals surface area contributed by atoms with Crippen LogP contribution in [0.1, 0.15) is 31.0 Å². The molecule has 0 amide bonds. The van der Waals surface area contributed by atoms with E-state index in [1.165, 1.54) is 12.1 Å². The summed E-state index contributed by atoms with van der Waals surface area (Å²) in [5.41, 5.74) is -0.686. The Balaban J connectivity index is 0.00000361. The molecule has 0 aliphatic rings. The first-order valence-corrected chi connectivity index (χ1v) is 5.95. The van der Waals surface area contributed by atoms with Crippen molar-refractivity contribution < 1.29 is 23.1 Å². The molecule has 0 saturated carbocycles. The molecular weight excluding hydrogens is 295 g/mol. The third kappa shape index (κ3) is 4.38. The van der Waals surface area contributed by atoms with Crippen LogP contribution in [0.25, 0.3) is 0 Å². The molecule has 0 aliphatic carbocycles. The number of rotatable bonds is 5. The molecule has 0 aliphatic heterocycles. The normalized spacial score (nSPS) is 12.9. The van der Waals surface area contributed by atoms with Crippen molar-refractivity contribution in [3.05, 3.63) is 35.4 Å². The van der Waals surface area contributed by atoms with Crippen molar-refractivity contribution in [2.24, 2.45) is 0 Å². The molecule has 0 radical (unpaired) electrons. The maximum Gasteiger partial charge on any atom is 0.416 e. The van der Waals surface area contributed by atoms with Crippen LogP contribution in [0.3, 0.4) is 0 Å². The largest absolute Gasteiger partial charge is 0.480 e. The van der Waals surface area contributed by atoms with Crippen LogP contribution in [0.4, 0.5) is 13.2 Å². The molecule has 1 unspecified atom stereocenters. The lowest BCUT2D eigenvalue weighted by molar-refractivity contribution is -0.144. The third-order valence-electron chi connectivity index (χ3n) is 2.94. The van der Waals surface area contributed by atoms with Crippen LogP contribution in [0, 0.1) is 0 Å². The molecule has 7 heteroatoms. The van der Waals surface area contributed by atoms with Crippen LogP contribution in [0.15, 0.2) is 24.3 Å². The number of alkyl halides is 3. The van der Waals surface area contributed by atoms with E-state index in [-0.39, 0.29) is 18.0 Å². The van der Waals surface area contributed by atoms with Crippen molar-refractivity contribution in [2.75, 3.05) is 13.1 Å². The summed E-state index contributed by atoms with van der Waals surface area (Å²) in [6, 6.07) is 3.42. The zero-order chi connectivity index (χ0) is 14.6. The lowest BCUT2D eigenvalue weighted by Crippen LogP contribution is -2.34. The first-order chi connectivity index (χ1) is 8.81. The van der Waals surface area contributed by atoms with Crippen LogP contribution >= 0.6 is 12.4 Å². The van der Waals surface area contributed by atoms with Crippen molar-refractivity contribution in [2.45, 2.75) is 26.1 Å². The Labute approximate surface area is 121 Å². The zero-order valence-corrected chi connectivity index (χ0v) is 12.0. The highest BCUT2D eigenvalue weighted by Gasteiger charge is 2.32. The zero-order valence-electron chi connectivity index (χ0n) is 11.1. The molecule has 0 bridgehead atoms. The number of aliphatic carboxylic acids is 1. The van der Waals surface area contributed by atoms with Gasteiger partial charge in [0.2, 0.25) is 0 Å². The van der Waals surface area contributed by atoms with Gasteiger partial charge in [0.25, 0.3) is 0 Å². The second-order valence-electron chi connectivity index (χ2n) is 4.09. The summed E-state index contributed by atoms with van der Waals surface area (Å²) >= 11 is 0. The second kappa shape index (κ2) is 7.50. The molecule has 0 spiro atoms. The predicted molar refractivity (Wildman–Crippen MR) is 72.0 cm³/mol. The first kappa shape index (κ1) is 18.7. The number of hydrogen-bond donors (Lipinski definition) is 1. The molecule has 3 nitrogen and oxygen atoms in total. The first-order valence-electron chi connectivity index (χ1n) is 5.95. The van der Waals surface area contributed by atoms with E-state index in [1.54, 1.807) is 18.7 Å². The number of carboxylic acid groups (broad SMARTS) is 1. The number of likely N-dealkylation sites (N-methyl/N-ethyl adjacent to an activating group) is 1. The van der Waals surface area contributed by atoms with E-state index in [1.807, 2.05) is 0 Å². The van der Waals surface area contributed by atoms with Crippen LogP contribution in [-0.4, -0.2) is 29.1 Å². The minimum atomic E-state index is -4.47. The molecule has 0 heterocycles. The minimum absolute atomic E-state index is 0. The molecule has 0 saturated heterocycles. The van der Waals surface area contributed by atoms with Gasteiger partial charge in [-0.05, 0) is 30.8 Å². The van der Waals surface area contributed by atoms with Gasteiger partial charge in [0, 0.05) is 0 Å². The fraction of sp³-hybridized carbons (Fsp3) is 0.462. The van der Waals surface area contributed by atoms with Crippen molar-refractivity contribution >= 4 is 18.4 Å². The summed E-state index contributed by atoms with van der Waals surface area (Å²) in [6.45, 7) is 4.44. The third-order valence-corrected chi connectivity index (χ3v) is 2.94. The SMILES string of the molecule is CCN(CC)C(C(=O)O)c1cccc(C(F)(F)F)c1.Cl. The van der Waals surface area contributed by atoms with E-state index in [4.69, 9.17) is 0 Å². The Morgan fingerprint density at radius 1 is 1.30 bits per heavy atom. The highest BCUT2D eigenvalue weighted by atomic mass is 35.5. The number of carboxylic acids is 1. The molecule has 114 valence electrons. The number of carbonyl (C=O) groups is 1. The average Bonchev–Trinajstić information content (AvgIpc) is 2.34. The Kier molecular flexibility index (Phi) is 7.02. The van der Waals surface area contributed by atoms with Gasteiger partial charge in [-0.2, -0.15) is 13.2 Å². The average molecular weight is 312 g/mol. The van der Waals surface area contributed by atoms with Crippen molar-refractivity contribution in [3.8, 4) is 0 Å². The summed E-state index contributed by atoms with van der Waals surface area (Å²) in [5, 5.41) is 9.23. The fourth-order valence-electron chi connectivity index (χ4n) is 1.98. The van der Waals surface area contributed by atoms with Gasteiger partial charge in [0.15, 0.2) is 0 Å². The van der Waals surface area contributed by atoms with Crippen molar-refractivity contribution in [1.29, 1.82) is 0 Å². The molecule has 0 aromatic heterocycles. The van der Waals surface area contributed by atoms with Gasteiger partial charge >= 0.3 is 12.1 Å². The molecule has 1 aromatic carbocycles. The summed E-state index contributed by atoms with van der Waals surface area (Å²) in [5.74, 6) is -1.15. The van der Waals surface area contributed by atoms with Gasteiger partial charge in [-0.15, -0.1) is 12.4 Å². The van der Waals surface area contributed by atoms with Gasteiger partial charge in [0.1, 0.15) is 6.04 Å². The lowest BCUT2D eigenvalue weighted by atomic mass is 10.0. The van der Waals surface area contributed by atoms with Crippen molar-refractivity contribution in [1.82, 2.24) is 4.90 Å². The lowest BCUT2D eigenvalue weighted by Gasteiger charge is -2.26. The number of nitrogens with zero attached hydrogens (tertiary/aromatic N) is 1. The Morgan fingerprint density at radius 3 is 2.25 bits per heavy atom. The van der Waals surface area contributed by atoms with Gasteiger partial charge in [-0.1, -0.05) is 26.0 Å². The monoisotopic (exact) mass is 311 g/mol. The number of halogens is 4. The molecule has 0 fully saturated rings. The van der Waals surface area contributed by atoms with E-state index in [2.05, 4.69) is 0 Å². The maximum atomic E-state index is 12.6. The van der Waals surface area contributed by atoms with Crippen molar-refractivity contribution in [3.63, 3.8) is 0 Å². The quantitative estimate of drug-likeness (QED) is 0.903. The van der Waals surface area contributed by atoms with E-state index in [9.17, 15) is 23.1 Å². The number of benzene rings is 1. The van der Waals surface area contributed by atoms with Gasteiger partial charge in [-0.3, -0.25) is 9.69 Å². The van der Waals surface area contributed by atoms with E-state index >= 15 is 0 Å². The predicted octanol–water partition coefficient (Wildman–Crippen LogP) is 3.59. The second-order valence-corrected chi connectivity index (χ2v) is 4.09. The van der Waals surface area contributed by atoms with Crippen LogP contribution < -0.4 is 0 Å². The summed E-state index contributed by atoms with van der Waals surface area (Å²) in [4.78, 5) is 12.9. The number of hydrogen-bond acceptors (Lipinski definition) is 2. The van der Waals surface area contributed by atoms with E-state index < -0.39 is 23.8 Å². The molecule has 20 heavy (non-hydrogen) atoms. The minimum Gasteiger partial charge on any atom is -0.480 e. The molecule has 1 aromatic rings. The topological polar surface area (TPSA) is 40.5 Å². The molecule has 1 N–H and O–H groups in total. The maximum absolute atomic E-state index is 12.6. The van der Waals surface area contributed by atoms with Gasteiger partial charge < -0.3 is 5.11 Å². The molecule has 1 atom stereocenters. The van der Waals surface area contributed by atoms with Crippen LogP contribution in [-0.2, 0) is 11.0 Å². The van der Waals surface area contributed by atoms with E-state index in [0.29, 0.717) is 13.1 Å². The Morgan fingerprint density at radius 2 is 1.85 bits per heavy atom. The smallest absolute Gasteiger partial charge is 0.416 e. The summed E-state index contributed by atoms with van der Waals surface area (Å²) < 4.78 is 37.9.